The van der Waals surface area contributed by atoms with Crippen LogP contribution in [0.4, 0.5) is 0 Å². The summed E-state index contributed by atoms with van der Waals surface area (Å²) in [5.41, 5.74) is 1.20. The largest absolute Gasteiger partial charge is 0.469 e. The zero-order valence-corrected chi connectivity index (χ0v) is 19.1. The Morgan fingerprint density at radius 2 is 1.93 bits per heavy atom. The molecule has 0 bridgehead atoms. The molecule has 0 aromatic heterocycles. The maximum Gasteiger partial charge on any atom is 0.305 e. The van der Waals surface area contributed by atoms with E-state index in [9.17, 15) is 4.79 Å². The summed E-state index contributed by atoms with van der Waals surface area (Å²) in [6.45, 7) is 4.76. The number of aliphatic imine (C=N–C) groups is 1. The molecule has 158 valence electrons. The molecule has 0 atom stereocenters. The van der Waals surface area contributed by atoms with Gasteiger partial charge in [0.25, 0.3) is 0 Å². The van der Waals surface area contributed by atoms with E-state index in [1.807, 2.05) is 12.1 Å². The van der Waals surface area contributed by atoms with Gasteiger partial charge in [-0.3, -0.25) is 9.79 Å². The molecule has 0 radical (unpaired) electrons. The second kappa shape index (κ2) is 14.3. The topological polar surface area (TPSA) is 81.2 Å². The average molecular weight is 505 g/mol. The Bertz CT molecular complexity index is 625. The van der Waals surface area contributed by atoms with E-state index in [0.29, 0.717) is 13.2 Å². The highest BCUT2D eigenvalue weighted by molar-refractivity contribution is 14.0. The van der Waals surface area contributed by atoms with Gasteiger partial charge in [0.05, 0.1) is 7.11 Å². The molecule has 0 fully saturated rings. The van der Waals surface area contributed by atoms with Gasteiger partial charge in [-0.15, -0.1) is 24.0 Å². The number of nitrogens with zero attached hydrogens (tertiary/aromatic N) is 1. The third-order valence-corrected chi connectivity index (χ3v) is 4.27. The highest BCUT2D eigenvalue weighted by atomic mass is 127. The van der Waals surface area contributed by atoms with Crippen LogP contribution in [0.3, 0.4) is 0 Å². The first-order valence-electron chi connectivity index (χ1n) is 9.70. The van der Waals surface area contributed by atoms with Crippen LogP contribution in [0.2, 0.25) is 0 Å². The van der Waals surface area contributed by atoms with Crippen molar-refractivity contribution in [3.63, 3.8) is 0 Å². The van der Waals surface area contributed by atoms with Crippen molar-refractivity contribution in [2.75, 3.05) is 33.5 Å². The van der Waals surface area contributed by atoms with E-state index in [0.717, 1.165) is 69.2 Å². The zero-order valence-electron chi connectivity index (χ0n) is 16.8. The van der Waals surface area contributed by atoms with Crippen LogP contribution < -0.4 is 20.1 Å². The SMILES string of the molecule is CCNC(=NCCCCCCC(=O)OC)NCCc1ccc2c(c1)OCO2.I. The van der Waals surface area contributed by atoms with Gasteiger partial charge in [0, 0.05) is 26.1 Å². The minimum absolute atomic E-state index is 0. The van der Waals surface area contributed by atoms with Crippen molar-refractivity contribution in [3.05, 3.63) is 23.8 Å². The van der Waals surface area contributed by atoms with Crippen molar-refractivity contribution >= 4 is 35.9 Å². The van der Waals surface area contributed by atoms with Crippen LogP contribution >= 0.6 is 24.0 Å². The van der Waals surface area contributed by atoms with Gasteiger partial charge in [-0.1, -0.05) is 18.9 Å². The smallest absolute Gasteiger partial charge is 0.305 e. The predicted octanol–water partition coefficient (Wildman–Crippen LogP) is 3.25. The fraction of sp³-hybridized carbons (Fsp3) is 0.600. The van der Waals surface area contributed by atoms with Crippen LogP contribution in [0.1, 0.15) is 44.6 Å². The van der Waals surface area contributed by atoms with Crippen molar-refractivity contribution in [3.8, 4) is 11.5 Å². The van der Waals surface area contributed by atoms with E-state index < -0.39 is 0 Å². The molecule has 1 aromatic carbocycles. The van der Waals surface area contributed by atoms with E-state index in [4.69, 9.17) is 9.47 Å². The van der Waals surface area contributed by atoms with E-state index in [1.165, 1.54) is 12.7 Å². The molecule has 0 aliphatic carbocycles. The summed E-state index contributed by atoms with van der Waals surface area (Å²) in [7, 11) is 1.43. The number of rotatable bonds is 11. The highest BCUT2D eigenvalue weighted by Gasteiger charge is 2.12. The molecule has 0 unspecified atom stereocenters. The maximum atomic E-state index is 11.0. The number of benzene rings is 1. The third-order valence-electron chi connectivity index (χ3n) is 4.27. The van der Waals surface area contributed by atoms with Crippen LogP contribution in [0, 0.1) is 0 Å². The Kier molecular flexibility index (Phi) is 12.4. The molecule has 0 spiro atoms. The monoisotopic (exact) mass is 505 g/mol. The van der Waals surface area contributed by atoms with Crippen LogP contribution in [0.5, 0.6) is 11.5 Å². The number of carbonyl (C=O) groups is 1. The van der Waals surface area contributed by atoms with Gasteiger partial charge < -0.3 is 24.8 Å². The Morgan fingerprint density at radius 3 is 2.71 bits per heavy atom. The summed E-state index contributed by atoms with van der Waals surface area (Å²) in [4.78, 5) is 15.7. The summed E-state index contributed by atoms with van der Waals surface area (Å²) in [5, 5.41) is 6.64. The van der Waals surface area contributed by atoms with E-state index in [-0.39, 0.29) is 29.9 Å². The van der Waals surface area contributed by atoms with Gasteiger partial charge in [0.1, 0.15) is 0 Å². The Labute approximate surface area is 184 Å². The van der Waals surface area contributed by atoms with E-state index in [1.54, 1.807) is 0 Å². The lowest BCUT2D eigenvalue weighted by Gasteiger charge is -2.11. The minimum atomic E-state index is -0.130. The molecule has 1 heterocycles. The Balaban J connectivity index is 0.00000392. The summed E-state index contributed by atoms with van der Waals surface area (Å²) < 4.78 is 15.4. The Morgan fingerprint density at radius 1 is 1.14 bits per heavy atom. The molecular formula is C20H32IN3O4. The number of ether oxygens (including phenoxy) is 3. The summed E-state index contributed by atoms with van der Waals surface area (Å²) >= 11 is 0. The first-order valence-corrected chi connectivity index (χ1v) is 9.70. The Hall–Kier alpha value is -1.71. The number of carbonyl (C=O) groups excluding carboxylic acids is 1. The number of unbranched alkanes of at least 4 members (excludes halogenated alkanes) is 3. The number of hydrogen-bond donors (Lipinski definition) is 2. The number of halogens is 1. The van der Waals surface area contributed by atoms with Crippen LogP contribution in [0.25, 0.3) is 0 Å². The normalized spacial score (nSPS) is 12.3. The lowest BCUT2D eigenvalue weighted by Crippen LogP contribution is -2.38. The summed E-state index contributed by atoms with van der Waals surface area (Å²) in [6.07, 6.45) is 5.37. The van der Waals surface area contributed by atoms with Crippen LogP contribution in [-0.2, 0) is 16.0 Å². The lowest BCUT2D eigenvalue weighted by atomic mass is 10.1. The molecule has 7 nitrogen and oxygen atoms in total. The third kappa shape index (κ3) is 8.99. The molecule has 28 heavy (non-hydrogen) atoms. The molecule has 1 aliphatic heterocycles. The number of methoxy groups -OCH3 is 1. The van der Waals surface area contributed by atoms with Crippen molar-refractivity contribution in [1.29, 1.82) is 0 Å². The fourth-order valence-corrected chi connectivity index (χ4v) is 2.79. The van der Waals surface area contributed by atoms with E-state index >= 15 is 0 Å². The fourth-order valence-electron chi connectivity index (χ4n) is 2.79. The summed E-state index contributed by atoms with van der Waals surface area (Å²) in [6, 6.07) is 6.05. The van der Waals surface area contributed by atoms with Crippen LogP contribution in [-0.4, -0.2) is 45.5 Å². The van der Waals surface area contributed by atoms with Crippen molar-refractivity contribution in [1.82, 2.24) is 10.6 Å². The first kappa shape index (κ1) is 24.3. The lowest BCUT2D eigenvalue weighted by molar-refractivity contribution is -0.140. The van der Waals surface area contributed by atoms with Gasteiger partial charge in [0.15, 0.2) is 17.5 Å². The minimum Gasteiger partial charge on any atom is -0.469 e. The van der Waals surface area contributed by atoms with Crippen LogP contribution in [0.15, 0.2) is 23.2 Å². The second-order valence-corrected chi connectivity index (χ2v) is 6.37. The predicted molar refractivity (Wildman–Crippen MR) is 121 cm³/mol. The van der Waals surface area contributed by atoms with Crippen molar-refractivity contribution in [2.24, 2.45) is 4.99 Å². The first-order chi connectivity index (χ1) is 13.2. The number of esters is 1. The molecule has 8 heteroatoms. The van der Waals surface area contributed by atoms with Crippen molar-refractivity contribution in [2.45, 2.75) is 45.4 Å². The van der Waals surface area contributed by atoms with Gasteiger partial charge >= 0.3 is 5.97 Å². The molecule has 0 amide bonds. The molecule has 2 N–H and O–H groups in total. The standard InChI is InChI=1S/C20H31N3O4.HI/c1-3-21-20(22-12-7-5-4-6-8-19(24)25-2)23-13-11-16-9-10-17-18(14-16)27-15-26-17;/h9-10,14H,3-8,11-13,15H2,1-2H3,(H2,21,22,23);1H. The van der Waals surface area contributed by atoms with Gasteiger partial charge in [-0.2, -0.15) is 0 Å². The summed E-state index contributed by atoms with van der Waals surface area (Å²) in [5.74, 6) is 2.34. The quantitative estimate of drug-likeness (QED) is 0.158. The maximum absolute atomic E-state index is 11.0. The molecule has 0 saturated carbocycles. The molecule has 0 saturated heterocycles. The molecule has 1 aromatic rings. The second-order valence-electron chi connectivity index (χ2n) is 6.37. The zero-order chi connectivity index (χ0) is 19.3. The van der Waals surface area contributed by atoms with Crippen molar-refractivity contribution < 1.29 is 19.0 Å². The highest BCUT2D eigenvalue weighted by Crippen LogP contribution is 2.32. The van der Waals surface area contributed by atoms with E-state index in [2.05, 4.69) is 33.4 Å². The number of fused-ring (bicyclic) bond motifs is 1. The average Bonchev–Trinajstić information content (AvgIpc) is 3.14. The van der Waals surface area contributed by atoms with Gasteiger partial charge in [-0.05, 0) is 43.9 Å². The molecule has 1 aliphatic rings. The molecular weight excluding hydrogens is 473 g/mol. The number of nitrogens with one attached hydrogen (secondary N) is 2. The number of hydrogen-bond acceptors (Lipinski definition) is 5. The molecule has 2 rings (SSSR count). The van der Waals surface area contributed by atoms with Gasteiger partial charge in [-0.25, -0.2) is 0 Å². The van der Waals surface area contributed by atoms with Gasteiger partial charge in [0.2, 0.25) is 6.79 Å². The number of guanidine groups is 1.